The third-order valence-corrected chi connectivity index (χ3v) is 4.16. The third kappa shape index (κ3) is 6.83. The molecule has 1 rings (SSSR count). The average Bonchev–Trinajstić information content (AvgIpc) is 2.57. The van der Waals surface area contributed by atoms with Crippen molar-refractivity contribution < 1.29 is 9.57 Å². The molecule has 0 saturated carbocycles. The summed E-state index contributed by atoms with van der Waals surface area (Å²) in [5.41, 5.74) is 3.11. The molecule has 0 heterocycles. The molecule has 0 fully saturated rings. The van der Waals surface area contributed by atoms with Crippen LogP contribution in [0, 0.1) is 13.8 Å². The second-order valence-electron chi connectivity index (χ2n) is 5.35. The fourth-order valence-corrected chi connectivity index (χ4v) is 2.43. The minimum absolute atomic E-state index is 0.417. The number of aliphatic imine (C=N–C) groups is 1. The van der Waals surface area contributed by atoms with Crippen molar-refractivity contribution in [1.29, 1.82) is 0 Å². The highest BCUT2D eigenvalue weighted by Gasteiger charge is 2.08. The van der Waals surface area contributed by atoms with Crippen LogP contribution in [0.4, 0.5) is 5.69 Å². The molecule has 5 nitrogen and oxygen atoms in total. The van der Waals surface area contributed by atoms with Crippen molar-refractivity contribution in [3.8, 4) is 5.75 Å². The molecule has 0 aliphatic heterocycles. The van der Waals surface area contributed by atoms with Crippen molar-refractivity contribution >= 4 is 28.8 Å². The summed E-state index contributed by atoms with van der Waals surface area (Å²) in [4.78, 5) is 11.7. The first-order valence-electron chi connectivity index (χ1n) is 8.31. The van der Waals surface area contributed by atoms with E-state index in [1.165, 1.54) is 0 Å². The molecule has 1 aromatic rings. The minimum atomic E-state index is 0.417. The molecular weight excluding hydrogens is 322 g/mol. The quantitative estimate of drug-likeness (QED) is 0.376. The number of ether oxygens (including phenoxy) is 1. The molecule has 6 heteroatoms. The molecule has 0 radical (unpaired) electrons. The van der Waals surface area contributed by atoms with E-state index in [2.05, 4.69) is 30.1 Å². The lowest BCUT2D eigenvalue weighted by Gasteiger charge is -2.13. The van der Waals surface area contributed by atoms with Crippen LogP contribution in [0.5, 0.6) is 5.75 Å². The van der Waals surface area contributed by atoms with Crippen molar-refractivity contribution in [2.45, 2.75) is 34.6 Å². The van der Waals surface area contributed by atoms with Gasteiger partial charge in [-0.15, -0.1) is 11.8 Å². The summed E-state index contributed by atoms with van der Waals surface area (Å²) >= 11 is 1.63. The summed E-state index contributed by atoms with van der Waals surface area (Å²) in [5, 5.41) is 4.95. The molecule has 0 aromatic heterocycles. The number of hydrogen-bond donors (Lipinski definition) is 0. The number of aryl methyl sites for hydroxylation is 2. The first-order chi connectivity index (χ1) is 11.5. The molecule has 0 unspecified atom stereocenters. The van der Waals surface area contributed by atoms with E-state index in [0.29, 0.717) is 13.2 Å². The smallest absolute Gasteiger partial charge is 0.150 e. The molecule has 134 valence electrons. The second-order valence-corrected chi connectivity index (χ2v) is 6.68. The van der Waals surface area contributed by atoms with Gasteiger partial charge in [0.05, 0.1) is 12.0 Å². The Balaban J connectivity index is 2.83. The second kappa shape index (κ2) is 11.0. The summed E-state index contributed by atoms with van der Waals surface area (Å²) in [6.45, 7) is 12.1. The lowest BCUT2D eigenvalue weighted by molar-refractivity contribution is 0.158. The number of hydrogen-bond acceptors (Lipinski definition) is 5. The zero-order chi connectivity index (χ0) is 17.9. The van der Waals surface area contributed by atoms with E-state index in [0.717, 1.165) is 39.9 Å². The van der Waals surface area contributed by atoms with Gasteiger partial charge in [-0.1, -0.05) is 12.1 Å². The summed E-state index contributed by atoms with van der Waals surface area (Å²) in [6, 6.07) is 4.08. The molecule has 1 aromatic carbocycles. The Morgan fingerprint density at radius 2 is 1.96 bits per heavy atom. The van der Waals surface area contributed by atoms with Crippen LogP contribution in [-0.4, -0.2) is 48.8 Å². The van der Waals surface area contributed by atoms with Crippen LogP contribution < -0.4 is 4.74 Å². The normalized spacial score (nSPS) is 11.8. The summed E-state index contributed by atoms with van der Waals surface area (Å²) in [7, 11) is 2.01. The summed E-state index contributed by atoms with van der Waals surface area (Å²) < 4.78 is 5.94. The third-order valence-electron chi connectivity index (χ3n) is 3.34. The van der Waals surface area contributed by atoms with Crippen molar-refractivity contribution in [3.05, 3.63) is 23.3 Å². The van der Waals surface area contributed by atoms with Crippen LogP contribution in [-0.2, 0) is 4.84 Å². The molecule has 0 aliphatic carbocycles. The zero-order valence-electron chi connectivity index (χ0n) is 15.6. The van der Waals surface area contributed by atoms with Crippen LogP contribution in [0.1, 0.15) is 31.9 Å². The standard InChI is InChI=1S/C18H29N3O2S/c1-7-21(6)13-19-16-10-15(5)17(11-14(16)4)22-12-18(24-9-3)20-23-8-2/h10-11,13H,7-9,12H2,1-6H3. The van der Waals surface area contributed by atoms with Crippen LogP contribution in [0.25, 0.3) is 0 Å². The van der Waals surface area contributed by atoms with Crippen molar-refractivity contribution in [3.63, 3.8) is 0 Å². The Bertz CT molecular complexity index is 574. The minimum Gasteiger partial charge on any atom is -0.486 e. The van der Waals surface area contributed by atoms with E-state index >= 15 is 0 Å². The largest absolute Gasteiger partial charge is 0.486 e. The molecule has 24 heavy (non-hydrogen) atoms. The van der Waals surface area contributed by atoms with Gasteiger partial charge in [0.1, 0.15) is 19.0 Å². The number of thioether (sulfide) groups is 1. The van der Waals surface area contributed by atoms with E-state index in [-0.39, 0.29) is 0 Å². The molecule has 0 aliphatic rings. The summed E-state index contributed by atoms with van der Waals surface area (Å²) in [5.74, 6) is 1.79. The van der Waals surface area contributed by atoms with Gasteiger partial charge >= 0.3 is 0 Å². The predicted octanol–water partition coefficient (Wildman–Crippen LogP) is 4.40. The van der Waals surface area contributed by atoms with Crippen molar-refractivity contribution in [1.82, 2.24) is 4.90 Å². The van der Waals surface area contributed by atoms with E-state index in [1.807, 2.05) is 45.1 Å². The van der Waals surface area contributed by atoms with Crippen molar-refractivity contribution in [2.24, 2.45) is 10.1 Å². The maximum absolute atomic E-state index is 5.94. The van der Waals surface area contributed by atoms with Crippen molar-refractivity contribution in [2.75, 3.05) is 32.6 Å². The van der Waals surface area contributed by atoms with E-state index in [4.69, 9.17) is 9.57 Å². The SMILES string of the molecule is CCON=C(COc1cc(C)c(N=CN(C)CC)cc1C)SCC. The molecule has 0 spiro atoms. The van der Waals surface area contributed by atoms with E-state index in [1.54, 1.807) is 11.8 Å². The first kappa shape index (κ1) is 20.4. The highest BCUT2D eigenvalue weighted by molar-refractivity contribution is 8.13. The Morgan fingerprint density at radius 1 is 1.21 bits per heavy atom. The number of nitrogens with zero attached hydrogens (tertiary/aromatic N) is 3. The number of benzene rings is 1. The molecule has 0 atom stereocenters. The van der Waals surface area contributed by atoms with Gasteiger partial charge in [0.2, 0.25) is 0 Å². The van der Waals surface area contributed by atoms with E-state index < -0.39 is 0 Å². The fourth-order valence-electron chi connectivity index (χ4n) is 1.85. The van der Waals surface area contributed by atoms with Gasteiger partial charge in [-0.25, -0.2) is 4.99 Å². The van der Waals surface area contributed by atoms with E-state index in [9.17, 15) is 0 Å². The van der Waals surface area contributed by atoms with Gasteiger partial charge in [-0.2, -0.15) is 0 Å². The lowest BCUT2D eigenvalue weighted by atomic mass is 10.1. The Kier molecular flexibility index (Phi) is 9.30. The van der Waals surface area contributed by atoms with Gasteiger partial charge in [-0.3, -0.25) is 0 Å². The topological polar surface area (TPSA) is 46.4 Å². The Hall–Kier alpha value is -1.69. The van der Waals surface area contributed by atoms with Gasteiger partial charge < -0.3 is 14.5 Å². The first-order valence-corrected chi connectivity index (χ1v) is 9.30. The highest BCUT2D eigenvalue weighted by Crippen LogP contribution is 2.28. The van der Waals surface area contributed by atoms with Gasteiger partial charge in [0, 0.05) is 13.6 Å². The molecule has 0 N–H and O–H groups in total. The molecule has 0 amide bonds. The Labute approximate surface area is 150 Å². The summed E-state index contributed by atoms with van der Waals surface area (Å²) in [6.07, 6.45) is 1.85. The predicted molar refractivity (Wildman–Crippen MR) is 105 cm³/mol. The number of oxime groups is 1. The van der Waals surface area contributed by atoms with Crippen LogP contribution >= 0.6 is 11.8 Å². The number of rotatable bonds is 9. The monoisotopic (exact) mass is 351 g/mol. The average molecular weight is 352 g/mol. The van der Waals surface area contributed by atoms with Crippen LogP contribution in [0.3, 0.4) is 0 Å². The maximum atomic E-state index is 5.94. The lowest BCUT2D eigenvalue weighted by Crippen LogP contribution is -2.14. The zero-order valence-corrected chi connectivity index (χ0v) is 16.4. The Morgan fingerprint density at radius 3 is 2.58 bits per heavy atom. The molecular formula is C18H29N3O2S. The molecule has 0 bridgehead atoms. The van der Waals surface area contributed by atoms with Crippen LogP contribution in [0.2, 0.25) is 0 Å². The molecule has 0 saturated heterocycles. The van der Waals surface area contributed by atoms with Gasteiger partial charge in [0.15, 0.2) is 5.04 Å². The van der Waals surface area contributed by atoms with Crippen LogP contribution in [0.15, 0.2) is 22.3 Å². The maximum Gasteiger partial charge on any atom is 0.150 e. The van der Waals surface area contributed by atoms with Gasteiger partial charge in [-0.05, 0) is 56.7 Å². The fraction of sp³-hybridized carbons (Fsp3) is 0.556. The van der Waals surface area contributed by atoms with Gasteiger partial charge in [0.25, 0.3) is 0 Å². The highest BCUT2D eigenvalue weighted by atomic mass is 32.2.